The van der Waals surface area contributed by atoms with Crippen molar-refractivity contribution < 1.29 is 23.5 Å². The van der Waals surface area contributed by atoms with Gasteiger partial charge in [-0.15, -0.1) is 0 Å². The van der Waals surface area contributed by atoms with E-state index in [1.165, 1.54) is 19.6 Å². The predicted octanol–water partition coefficient (Wildman–Crippen LogP) is 2.60. The van der Waals surface area contributed by atoms with Crippen molar-refractivity contribution in [2.24, 2.45) is 0 Å². The highest BCUT2D eigenvalue weighted by atomic mass is 16.6. The molecular weight excluding hydrogens is 378 g/mol. The van der Waals surface area contributed by atoms with E-state index in [4.69, 9.17) is 13.9 Å². The molecule has 2 N–H and O–H groups in total. The zero-order chi connectivity index (χ0) is 20.5. The number of aromatic amines is 1. The molecule has 0 saturated carbocycles. The summed E-state index contributed by atoms with van der Waals surface area (Å²) >= 11 is 0. The number of aryl methyl sites for hydroxylation is 1. The summed E-state index contributed by atoms with van der Waals surface area (Å²) < 4.78 is 16.1. The number of aromatic nitrogens is 4. The zero-order valence-electron chi connectivity index (χ0n) is 15.8. The Kier molecular flexibility index (Phi) is 4.59. The number of fused-ring (bicyclic) bond motifs is 2. The third-order valence-corrected chi connectivity index (χ3v) is 4.45. The maximum atomic E-state index is 12.6. The molecule has 0 saturated heterocycles. The molecule has 1 atom stereocenters. The number of nitrogens with one attached hydrogen (secondary N) is 2. The first kappa shape index (κ1) is 18.4. The Morgan fingerprint density at radius 2 is 2.07 bits per heavy atom. The van der Waals surface area contributed by atoms with Crippen molar-refractivity contribution in [1.82, 2.24) is 19.9 Å². The Hall–Kier alpha value is -3.95. The van der Waals surface area contributed by atoms with Crippen LogP contribution in [0.1, 0.15) is 23.0 Å². The molecule has 0 spiro atoms. The van der Waals surface area contributed by atoms with Gasteiger partial charge >= 0.3 is 5.97 Å². The molecule has 0 aliphatic carbocycles. The number of ether oxygens (including phenoxy) is 2. The van der Waals surface area contributed by atoms with Crippen LogP contribution >= 0.6 is 0 Å². The van der Waals surface area contributed by atoms with Gasteiger partial charge in [-0.1, -0.05) is 0 Å². The van der Waals surface area contributed by atoms with Gasteiger partial charge in [0.2, 0.25) is 5.76 Å². The number of carbonyl (C=O) groups is 2. The van der Waals surface area contributed by atoms with Gasteiger partial charge in [0.15, 0.2) is 17.6 Å². The van der Waals surface area contributed by atoms with Crippen molar-refractivity contribution in [2.45, 2.75) is 20.0 Å². The van der Waals surface area contributed by atoms with Crippen molar-refractivity contribution in [3.05, 3.63) is 42.2 Å². The second kappa shape index (κ2) is 7.23. The molecule has 29 heavy (non-hydrogen) atoms. The van der Waals surface area contributed by atoms with Crippen LogP contribution in [-0.2, 0) is 9.53 Å². The minimum absolute atomic E-state index is 0.0332. The Balaban J connectivity index is 1.50. The maximum absolute atomic E-state index is 12.6. The van der Waals surface area contributed by atoms with E-state index in [0.29, 0.717) is 28.1 Å². The summed E-state index contributed by atoms with van der Waals surface area (Å²) in [6, 6.07) is 5.21. The van der Waals surface area contributed by atoms with E-state index in [2.05, 4.69) is 25.3 Å². The van der Waals surface area contributed by atoms with Crippen molar-refractivity contribution in [1.29, 1.82) is 0 Å². The van der Waals surface area contributed by atoms with Gasteiger partial charge in [-0.2, -0.15) is 0 Å². The summed E-state index contributed by atoms with van der Waals surface area (Å²) in [5, 5.41) is 3.33. The molecule has 0 aliphatic rings. The normalized spacial score (nSPS) is 12.1. The molecule has 4 rings (SSSR count). The average Bonchev–Trinajstić information content (AvgIpc) is 3.33. The lowest BCUT2D eigenvalue weighted by atomic mass is 10.1. The van der Waals surface area contributed by atoms with Crippen LogP contribution in [0.25, 0.3) is 22.1 Å². The first-order valence-electron chi connectivity index (χ1n) is 8.71. The quantitative estimate of drug-likeness (QED) is 0.493. The molecule has 0 aliphatic heterocycles. The van der Waals surface area contributed by atoms with Crippen LogP contribution in [0.4, 0.5) is 5.82 Å². The van der Waals surface area contributed by atoms with Crippen LogP contribution < -0.4 is 10.1 Å². The predicted molar refractivity (Wildman–Crippen MR) is 103 cm³/mol. The molecule has 10 heteroatoms. The molecule has 0 radical (unpaired) electrons. The minimum atomic E-state index is -1.09. The van der Waals surface area contributed by atoms with Crippen molar-refractivity contribution in [2.75, 3.05) is 12.4 Å². The molecule has 148 valence electrons. The lowest BCUT2D eigenvalue weighted by Gasteiger charge is -2.12. The van der Waals surface area contributed by atoms with Crippen LogP contribution in [0.15, 0.2) is 35.3 Å². The second-order valence-electron chi connectivity index (χ2n) is 6.28. The van der Waals surface area contributed by atoms with Gasteiger partial charge in [0.1, 0.15) is 23.2 Å². The number of esters is 1. The van der Waals surface area contributed by atoms with E-state index in [0.717, 1.165) is 5.39 Å². The number of hydrogen-bond acceptors (Lipinski definition) is 8. The average molecular weight is 395 g/mol. The molecule has 0 bridgehead atoms. The number of imidazole rings is 1. The van der Waals surface area contributed by atoms with Crippen LogP contribution in [0.3, 0.4) is 0 Å². The molecule has 1 unspecified atom stereocenters. The number of nitrogens with zero attached hydrogens (tertiary/aromatic N) is 3. The number of anilines is 1. The van der Waals surface area contributed by atoms with Crippen molar-refractivity contribution in [3.8, 4) is 5.75 Å². The molecule has 3 heterocycles. The second-order valence-corrected chi connectivity index (χ2v) is 6.28. The zero-order valence-corrected chi connectivity index (χ0v) is 15.8. The van der Waals surface area contributed by atoms with Gasteiger partial charge in [0.05, 0.1) is 13.4 Å². The molecule has 10 nitrogen and oxygen atoms in total. The fourth-order valence-electron chi connectivity index (χ4n) is 2.87. The van der Waals surface area contributed by atoms with Gasteiger partial charge < -0.3 is 24.2 Å². The molecular formula is C19H17N5O5. The van der Waals surface area contributed by atoms with E-state index in [9.17, 15) is 9.59 Å². The number of furan rings is 1. The summed E-state index contributed by atoms with van der Waals surface area (Å²) in [4.78, 5) is 39.8. The Morgan fingerprint density at radius 1 is 1.24 bits per heavy atom. The molecule has 0 fully saturated rings. The largest absolute Gasteiger partial charge is 0.497 e. The van der Waals surface area contributed by atoms with Crippen molar-refractivity contribution >= 4 is 39.8 Å². The van der Waals surface area contributed by atoms with E-state index in [-0.39, 0.29) is 11.6 Å². The van der Waals surface area contributed by atoms with Crippen LogP contribution in [0.2, 0.25) is 0 Å². The third kappa shape index (κ3) is 3.35. The number of carbonyl (C=O) groups excluding carboxylic acids is 2. The Morgan fingerprint density at radius 3 is 2.86 bits per heavy atom. The number of hydrogen-bond donors (Lipinski definition) is 2. The van der Waals surface area contributed by atoms with E-state index >= 15 is 0 Å². The number of H-pyrrole nitrogens is 1. The minimum Gasteiger partial charge on any atom is -0.497 e. The lowest BCUT2D eigenvalue weighted by Crippen LogP contribution is -2.30. The first-order chi connectivity index (χ1) is 14.0. The van der Waals surface area contributed by atoms with Crippen molar-refractivity contribution in [3.63, 3.8) is 0 Å². The monoisotopic (exact) mass is 395 g/mol. The van der Waals surface area contributed by atoms with Gasteiger partial charge in [-0.25, -0.2) is 19.7 Å². The Labute approximate surface area is 164 Å². The van der Waals surface area contributed by atoms with E-state index < -0.39 is 18.0 Å². The van der Waals surface area contributed by atoms with Crippen LogP contribution in [-0.4, -0.2) is 45.0 Å². The Bertz CT molecular complexity index is 1230. The van der Waals surface area contributed by atoms with Gasteiger partial charge in [-0.3, -0.25) is 4.79 Å². The van der Waals surface area contributed by atoms with Crippen LogP contribution in [0, 0.1) is 6.92 Å². The first-order valence-corrected chi connectivity index (χ1v) is 8.71. The summed E-state index contributed by atoms with van der Waals surface area (Å²) in [7, 11) is 1.56. The van der Waals surface area contributed by atoms with E-state index in [1.807, 2.05) is 0 Å². The van der Waals surface area contributed by atoms with Crippen LogP contribution in [0.5, 0.6) is 5.75 Å². The summed E-state index contributed by atoms with van der Waals surface area (Å²) in [5.41, 5.74) is 2.01. The van der Waals surface area contributed by atoms with Gasteiger partial charge in [0.25, 0.3) is 5.91 Å². The highest BCUT2D eigenvalue weighted by molar-refractivity contribution is 6.01. The fourth-order valence-corrected chi connectivity index (χ4v) is 2.87. The fraction of sp³-hybridized carbons (Fsp3) is 0.211. The molecule has 1 aromatic carbocycles. The third-order valence-electron chi connectivity index (χ3n) is 4.45. The highest BCUT2D eigenvalue weighted by Gasteiger charge is 2.25. The number of rotatable bonds is 5. The molecule has 1 amide bonds. The molecule has 4 aromatic rings. The highest BCUT2D eigenvalue weighted by Crippen LogP contribution is 2.29. The summed E-state index contributed by atoms with van der Waals surface area (Å²) in [6.45, 7) is 3.20. The SMILES string of the molecule is COc1ccc2oc(C(=O)OC(C)C(=O)Nc3ncnc4nc[nH]c34)c(C)c2c1. The lowest BCUT2D eigenvalue weighted by molar-refractivity contribution is -0.123. The standard InChI is InChI=1S/C19H17N5O5/c1-9-12-6-11(27-3)4-5-13(12)29-15(9)19(26)28-10(2)18(25)24-17-14-16(21-7-20-14)22-8-23-17/h4-8,10H,1-3H3,(H2,20,21,22,23,24,25). The van der Waals surface area contributed by atoms with Gasteiger partial charge in [-0.05, 0) is 32.0 Å². The number of benzene rings is 1. The molecule has 3 aromatic heterocycles. The summed E-state index contributed by atoms with van der Waals surface area (Å²) in [6.07, 6.45) is 1.64. The smallest absolute Gasteiger partial charge is 0.375 e. The topological polar surface area (TPSA) is 132 Å². The maximum Gasteiger partial charge on any atom is 0.375 e. The van der Waals surface area contributed by atoms with Gasteiger partial charge in [0, 0.05) is 10.9 Å². The summed E-state index contributed by atoms with van der Waals surface area (Å²) in [5.74, 6) is -0.375. The van der Waals surface area contributed by atoms with E-state index in [1.54, 1.807) is 32.2 Å². The number of methoxy groups -OCH3 is 1. The number of amides is 1.